The zero-order valence-corrected chi connectivity index (χ0v) is 16.1. The van der Waals surface area contributed by atoms with Crippen molar-refractivity contribution in [2.45, 2.75) is 18.6 Å². The van der Waals surface area contributed by atoms with Crippen LogP contribution in [0, 0.1) is 11.7 Å². The maximum Gasteiger partial charge on any atom is 0.228 e. The van der Waals surface area contributed by atoms with Gasteiger partial charge >= 0.3 is 0 Å². The average molecular weight is 411 g/mol. The zero-order chi connectivity index (χ0) is 19.4. The van der Waals surface area contributed by atoms with Gasteiger partial charge in [-0.15, -0.1) is 0 Å². The SMILES string of the molecule is O=C(Nc1ccccc1F)[C@@H]1CCCN(S(=O)(=O)Cc2ccc(Cl)cc2)C1. The van der Waals surface area contributed by atoms with Crippen molar-refractivity contribution < 1.29 is 17.6 Å². The highest BCUT2D eigenvalue weighted by Crippen LogP contribution is 2.24. The Bertz CT molecular complexity index is 919. The molecule has 0 aromatic heterocycles. The lowest BCUT2D eigenvalue weighted by Gasteiger charge is -2.31. The summed E-state index contributed by atoms with van der Waals surface area (Å²) in [4.78, 5) is 12.5. The van der Waals surface area contributed by atoms with Crippen molar-refractivity contribution in [1.82, 2.24) is 4.31 Å². The minimum atomic E-state index is -3.56. The Morgan fingerprint density at radius 2 is 1.89 bits per heavy atom. The van der Waals surface area contributed by atoms with Gasteiger partial charge in [0.1, 0.15) is 5.82 Å². The molecule has 0 radical (unpaired) electrons. The molecule has 1 amide bonds. The van der Waals surface area contributed by atoms with Crippen LogP contribution in [0.3, 0.4) is 0 Å². The number of halogens is 2. The molecule has 1 N–H and O–H groups in total. The average Bonchev–Trinajstić information content (AvgIpc) is 2.65. The predicted octanol–water partition coefficient (Wildman–Crippen LogP) is 3.66. The highest BCUT2D eigenvalue weighted by molar-refractivity contribution is 7.88. The van der Waals surface area contributed by atoms with Crippen molar-refractivity contribution in [2.24, 2.45) is 5.92 Å². The zero-order valence-electron chi connectivity index (χ0n) is 14.6. The number of benzene rings is 2. The van der Waals surface area contributed by atoms with Gasteiger partial charge < -0.3 is 5.32 Å². The van der Waals surface area contributed by atoms with Crippen molar-refractivity contribution in [3.8, 4) is 0 Å². The van der Waals surface area contributed by atoms with Crippen molar-refractivity contribution in [2.75, 3.05) is 18.4 Å². The van der Waals surface area contributed by atoms with E-state index in [1.165, 1.54) is 22.5 Å². The molecule has 1 aliphatic heterocycles. The van der Waals surface area contributed by atoms with Crippen molar-refractivity contribution >= 4 is 33.2 Å². The van der Waals surface area contributed by atoms with Crippen LogP contribution in [0.2, 0.25) is 5.02 Å². The quantitative estimate of drug-likeness (QED) is 0.818. The van der Waals surface area contributed by atoms with E-state index in [1.54, 1.807) is 30.3 Å². The van der Waals surface area contributed by atoms with Crippen LogP contribution in [0.4, 0.5) is 10.1 Å². The molecule has 3 rings (SSSR count). The van der Waals surface area contributed by atoms with Gasteiger partial charge in [0, 0.05) is 18.1 Å². The fraction of sp³-hybridized carbons (Fsp3) is 0.316. The van der Waals surface area contributed by atoms with E-state index in [2.05, 4.69) is 5.32 Å². The normalized spacial score (nSPS) is 18.2. The third-order valence-corrected chi connectivity index (χ3v) is 6.61. The summed E-state index contributed by atoms with van der Waals surface area (Å²) in [6.45, 7) is 0.468. The maximum absolute atomic E-state index is 13.7. The van der Waals surface area contributed by atoms with Crippen LogP contribution in [0.1, 0.15) is 18.4 Å². The van der Waals surface area contributed by atoms with E-state index < -0.39 is 21.8 Å². The second-order valence-electron chi connectivity index (χ2n) is 6.55. The topological polar surface area (TPSA) is 66.5 Å². The van der Waals surface area contributed by atoms with Crippen molar-refractivity contribution in [1.29, 1.82) is 0 Å². The first-order valence-corrected chi connectivity index (χ1v) is 10.6. The molecule has 27 heavy (non-hydrogen) atoms. The van der Waals surface area contributed by atoms with Gasteiger partial charge in [0.2, 0.25) is 15.9 Å². The van der Waals surface area contributed by atoms with E-state index in [4.69, 9.17) is 11.6 Å². The van der Waals surface area contributed by atoms with Gasteiger partial charge in [0.25, 0.3) is 0 Å². The first kappa shape index (κ1) is 19.8. The van der Waals surface area contributed by atoms with Crippen molar-refractivity contribution in [3.63, 3.8) is 0 Å². The molecule has 8 heteroatoms. The molecule has 144 valence electrons. The molecule has 0 bridgehead atoms. The third-order valence-electron chi connectivity index (χ3n) is 4.54. The largest absolute Gasteiger partial charge is 0.323 e. The Morgan fingerprint density at radius 3 is 2.59 bits per heavy atom. The molecule has 1 atom stereocenters. The highest BCUT2D eigenvalue weighted by Gasteiger charge is 2.32. The molecule has 1 saturated heterocycles. The fourth-order valence-electron chi connectivity index (χ4n) is 3.09. The number of hydrogen-bond acceptors (Lipinski definition) is 3. The number of amides is 1. The molecule has 2 aromatic rings. The maximum atomic E-state index is 13.7. The van der Waals surface area contributed by atoms with Crippen LogP contribution >= 0.6 is 11.6 Å². The van der Waals surface area contributed by atoms with Crippen molar-refractivity contribution in [3.05, 3.63) is 64.9 Å². The number of nitrogens with zero attached hydrogens (tertiary/aromatic N) is 1. The van der Waals surface area contributed by atoms with Crippen LogP contribution < -0.4 is 5.32 Å². The lowest BCUT2D eigenvalue weighted by Crippen LogP contribution is -2.44. The first-order valence-electron chi connectivity index (χ1n) is 8.63. The summed E-state index contributed by atoms with van der Waals surface area (Å²) in [5.41, 5.74) is 0.737. The van der Waals surface area contributed by atoms with E-state index in [-0.39, 0.29) is 23.9 Å². The molecule has 0 spiro atoms. The van der Waals surface area contributed by atoms with Gasteiger partial charge in [-0.25, -0.2) is 17.1 Å². The molecule has 0 aliphatic carbocycles. The Hall–Kier alpha value is -1.96. The smallest absolute Gasteiger partial charge is 0.228 e. The molecule has 1 fully saturated rings. The first-order chi connectivity index (χ1) is 12.8. The van der Waals surface area contributed by atoms with Gasteiger partial charge in [0.05, 0.1) is 17.4 Å². The molecule has 1 heterocycles. The lowest BCUT2D eigenvalue weighted by atomic mass is 9.98. The number of para-hydroxylation sites is 1. The number of sulfonamides is 1. The summed E-state index contributed by atoms with van der Waals surface area (Å²) >= 11 is 5.83. The van der Waals surface area contributed by atoms with E-state index in [0.717, 1.165) is 0 Å². The Kier molecular flexibility index (Phi) is 6.14. The highest BCUT2D eigenvalue weighted by atomic mass is 35.5. The van der Waals surface area contributed by atoms with Crippen LogP contribution in [-0.2, 0) is 20.6 Å². The van der Waals surface area contributed by atoms with Gasteiger partial charge in [0.15, 0.2) is 0 Å². The van der Waals surface area contributed by atoms with E-state index >= 15 is 0 Å². The Morgan fingerprint density at radius 1 is 1.19 bits per heavy atom. The number of rotatable bonds is 5. The number of carbonyl (C=O) groups excluding carboxylic acids is 1. The molecule has 1 aliphatic rings. The van der Waals surface area contributed by atoms with Crippen LogP contribution in [0.5, 0.6) is 0 Å². The van der Waals surface area contributed by atoms with Crippen LogP contribution in [-0.4, -0.2) is 31.7 Å². The minimum absolute atomic E-state index is 0.0935. The minimum Gasteiger partial charge on any atom is -0.323 e. The summed E-state index contributed by atoms with van der Waals surface area (Å²) in [5, 5.41) is 3.10. The predicted molar refractivity (Wildman–Crippen MR) is 103 cm³/mol. The fourth-order valence-corrected chi connectivity index (χ4v) is 4.83. The molecule has 5 nitrogen and oxygen atoms in total. The van der Waals surface area contributed by atoms with Gasteiger partial charge in [-0.1, -0.05) is 35.9 Å². The summed E-state index contributed by atoms with van der Waals surface area (Å²) in [6.07, 6.45) is 1.14. The summed E-state index contributed by atoms with van der Waals surface area (Å²) in [6, 6.07) is 12.5. The van der Waals surface area contributed by atoms with E-state index in [1.807, 2.05) is 0 Å². The van der Waals surface area contributed by atoms with Gasteiger partial charge in [-0.2, -0.15) is 0 Å². The van der Waals surface area contributed by atoms with Crippen LogP contribution in [0.25, 0.3) is 0 Å². The Labute approximate surface area is 163 Å². The molecule has 0 saturated carbocycles. The molecular formula is C19H20ClFN2O3S. The molecular weight excluding hydrogens is 391 g/mol. The van der Waals surface area contributed by atoms with Gasteiger partial charge in [-0.3, -0.25) is 4.79 Å². The standard InChI is InChI=1S/C19H20ClFN2O3S/c20-16-9-7-14(8-10-16)13-27(25,26)23-11-3-4-15(12-23)19(24)22-18-6-2-1-5-17(18)21/h1-2,5-10,15H,3-4,11-13H2,(H,22,24)/t15-/m1/s1. The molecule has 0 unspecified atom stereocenters. The number of anilines is 1. The monoisotopic (exact) mass is 410 g/mol. The Balaban J connectivity index is 1.66. The van der Waals surface area contributed by atoms with Gasteiger partial charge in [-0.05, 0) is 42.7 Å². The van der Waals surface area contributed by atoms with E-state index in [0.29, 0.717) is 30.0 Å². The number of carbonyl (C=O) groups is 1. The van der Waals surface area contributed by atoms with E-state index in [9.17, 15) is 17.6 Å². The third kappa shape index (κ3) is 5.06. The second kappa shape index (κ2) is 8.37. The van der Waals surface area contributed by atoms with Crippen LogP contribution in [0.15, 0.2) is 48.5 Å². The number of nitrogens with one attached hydrogen (secondary N) is 1. The summed E-state index contributed by atoms with van der Waals surface area (Å²) in [7, 11) is -3.56. The summed E-state index contributed by atoms with van der Waals surface area (Å²) < 4.78 is 40.5. The summed E-state index contributed by atoms with van der Waals surface area (Å²) in [5.74, 6) is -1.55. The second-order valence-corrected chi connectivity index (χ2v) is 8.95. The number of hydrogen-bond donors (Lipinski definition) is 1. The lowest BCUT2D eigenvalue weighted by molar-refractivity contribution is -0.120. The number of piperidine rings is 1. The molecule has 2 aromatic carbocycles.